The van der Waals surface area contributed by atoms with Gasteiger partial charge in [-0.2, -0.15) is 0 Å². The van der Waals surface area contributed by atoms with E-state index in [9.17, 15) is 9.59 Å². The first-order chi connectivity index (χ1) is 8.65. The summed E-state index contributed by atoms with van der Waals surface area (Å²) in [7, 11) is 3.43. The van der Waals surface area contributed by atoms with E-state index in [1.54, 1.807) is 12.0 Å². The minimum atomic E-state index is -0.0254. The quantitative estimate of drug-likeness (QED) is 0.539. The van der Waals surface area contributed by atoms with Crippen molar-refractivity contribution in [2.45, 2.75) is 25.3 Å². The highest BCUT2D eigenvalue weighted by Gasteiger charge is 2.28. The number of ether oxygens (including phenoxy) is 1. The SMILES string of the molecule is COCCNC(=O)CCNCC(=O)N(C)C1CC1. The molecule has 0 aromatic rings. The van der Waals surface area contributed by atoms with Crippen molar-refractivity contribution in [1.29, 1.82) is 0 Å². The molecule has 0 saturated heterocycles. The smallest absolute Gasteiger partial charge is 0.236 e. The Kier molecular flexibility index (Phi) is 6.67. The van der Waals surface area contributed by atoms with Crippen molar-refractivity contribution in [2.24, 2.45) is 0 Å². The van der Waals surface area contributed by atoms with E-state index in [1.165, 1.54) is 0 Å². The van der Waals surface area contributed by atoms with Gasteiger partial charge >= 0.3 is 0 Å². The molecule has 6 heteroatoms. The summed E-state index contributed by atoms with van der Waals surface area (Å²) in [5.41, 5.74) is 0. The molecule has 6 nitrogen and oxygen atoms in total. The first-order valence-electron chi connectivity index (χ1n) is 6.37. The predicted molar refractivity (Wildman–Crippen MR) is 68.2 cm³/mol. The van der Waals surface area contributed by atoms with Gasteiger partial charge in [-0.15, -0.1) is 0 Å². The lowest BCUT2D eigenvalue weighted by Gasteiger charge is -2.16. The summed E-state index contributed by atoms with van der Waals surface area (Å²) in [6, 6.07) is 0.441. The van der Waals surface area contributed by atoms with Gasteiger partial charge in [-0.05, 0) is 12.8 Å². The van der Waals surface area contributed by atoms with E-state index in [4.69, 9.17) is 4.74 Å². The Morgan fingerprint density at radius 3 is 2.67 bits per heavy atom. The van der Waals surface area contributed by atoms with Crippen LogP contribution in [0.1, 0.15) is 19.3 Å². The number of nitrogens with zero attached hydrogens (tertiary/aromatic N) is 1. The lowest BCUT2D eigenvalue weighted by molar-refractivity contribution is -0.129. The maximum Gasteiger partial charge on any atom is 0.236 e. The molecule has 1 saturated carbocycles. The number of rotatable bonds is 9. The van der Waals surface area contributed by atoms with Crippen molar-refractivity contribution in [3.8, 4) is 0 Å². The number of amides is 2. The Balaban J connectivity index is 1.97. The zero-order valence-electron chi connectivity index (χ0n) is 11.2. The van der Waals surface area contributed by atoms with Crippen LogP contribution in [0.3, 0.4) is 0 Å². The van der Waals surface area contributed by atoms with Gasteiger partial charge in [-0.1, -0.05) is 0 Å². The largest absolute Gasteiger partial charge is 0.383 e. The lowest BCUT2D eigenvalue weighted by atomic mass is 10.4. The van der Waals surface area contributed by atoms with Gasteiger partial charge in [-0.25, -0.2) is 0 Å². The third-order valence-electron chi connectivity index (χ3n) is 2.92. The Hall–Kier alpha value is -1.14. The average molecular weight is 257 g/mol. The molecule has 1 rings (SSSR count). The van der Waals surface area contributed by atoms with Crippen LogP contribution < -0.4 is 10.6 Å². The fourth-order valence-corrected chi connectivity index (χ4v) is 1.57. The molecule has 0 aromatic heterocycles. The number of carbonyl (C=O) groups is 2. The van der Waals surface area contributed by atoms with Crippen LogP contribution >= 0.6 is 0 Å². The van der Waals surface area contributed by atoms with E-state index in [-0.39, 0.29) is 11.8 Å². The molecular weight excluding hydrogens is 234 g/mol. The number of hydrogen-bond acceptors (Lipinski definition) is 4. The fourth-order valence-electron chi connectivity index (χ4n) is 1.57. The Labute approximate surface area is 108 Å². The van der Waals surface area contributed by atoms with Crippen molar-refractivity contribution in [2.75, 3.05) is 40.4 Å². The maximum absolute atomic E-state index is 11.6. The molecule has 0 spiro atoms. The van der Waals surface area contributed by atoms with E-state index in [1.807, 2.05) is 7.05 Å². The highest BCUT2D eigenvalue weighted by atomic mass is 16.5. The first kappa shape index (κ1) is 14.9. The maximum atomic E-state index is 11.6. The molecule has 0 aliphatic heterocycles. The second-order valence-corrected chi connectivity index (χ2v) is 4.51. The van der Waals surface area contributed by atoms with Crippen LogP contribution in [0.4, 0.5) is 0 Å². The molecule has 0 aromatic carbocycles. The zero-order chi connectivity index (χ0) is 13.4. The molecule has 2 N–H and O–H groups in total. The van der Waals surface area contributed by atoms with Crippen LogP contribution in [0, 0.1) is 0 Å². The van der Waals surface area contributed by atoms with Gasteiger partial charge in [-0.3, -0.25) is 9.59 Å². The Bertz CT molecular complexity index is 280. The van der Waals surface area contributed by atoms with Crippen LogP contribution in [0.5, 0.6) is 0 Å². The van der Waals surface area contributed by atoms with E-state index < -0.39 is 0 Å². The third kappa shape index (κ3) is 5.97. The van der Waals surface area contributed by atoms with Gasteiger partial charge in [0.15, 0.2) is 0 Å². The van der Waals surface area contributed by atoms with Gasteiger partial charge in [0.25, 0.3) is 0 Å². The molecule has 1 fully saturated rings. The molecular formula is C12H23N3O3. The summed E-state index contributed by atoms with van der Waals surface area (Å²) >= 11 is 0. The normalized spacial score (nSPS) is 14.3. The molecule has 0 bridgehead atoms. The summed E-state index contributed by atoms with van der Waals surface area (Å²) < 4.78 is 4.82. The van der Waals surface area contributed by atoms with Crippen LogP contribution in [-0.2, 0) is 14.3 Å². The Morgan fingerprint density at radius 2 is 2.06 bits per heavy atom. The van der Waals surface area contributed by atoms with Gasteiger partial charge in [0, 0.05) is 39.7 Å². The zero-order valence-corrected chi connectivity index (χ0v) is 11.2. The first-order valence-corrected chi connectivity index (χ1v) is 6.37. The molecule has 104 valence electrons. The van der Waals surface area contributed by atoms with Crippen LogP contribution in [0.15, 0.2) is 0 Å². The predicted octanol–water partition coefficient (Wildman–Crippen LogP) is -0.650. The number of hydrogen-bond donors (Lipinski definition) is 2. The van der Waals surface area contributed by atoms with Gasteiger partial charge in [0.1, 0.15) is 0 Å². The van der Waals surface area contributed by atoms with Gasteiger partial charge in [0.05, 0.1) is 13.2 Å². The summed E-state index contributed by atoms with van der Waals surface area (Å²) in [5, 5.41) is 5.71. The number of nitrogens with one attached hydrogen (secondary N) is 2. The Morgan fingerprint density at radius 1 is 1.33 bits per heavy atom. The molecule has 1 aliphatic carbocycles. The van der Waals surface area contributed by atoms with E-state index in [0.29, 0.717) is 38.7 Å². The molecule has 18 heavy (non-hydrogen) atoms. The van der Waals surface area contributed by atoms with E-state index >= 15 is 0 Å². The fraction of sp³-hybridized carbons (Fsp3) is 0.833. The second kappa shape index (κ2) is 8.05. The molecule has 0 heterocycles. The van der Waals surface area contributed by atoms with Gasteiger partial charge < -0.3 is 20.3 Å². The average Bonchev–Trinajstić information content (AvgIpc) is 3.18. The van der Waals surface area contributed by atoms with Crippen molar-refractivity contribution >= 4 is 11.8 Å². The minimum absolute atomic E-state index is 0.0254. The standard InChI is InChI=1S/C12H23N3O3/c1-15(10-3-4-10)12(17)9-13-6-5-11(16)14-7-8-18-2/h10,13H,3-9H2,1-2H3,(H,14,16). The number of likely N-dealkylation sites (N-methyl/N-ethyl adjacent to an activating group) is 1. The van der Waals surface area contributed by atoms with Crippen molar-refractivity contribution in [3.05, 3.63) is 0 Å². The van der Waals surface area contributed by atoms with E-state index in [0.717, 1.165) is 12.8 Å². The van der Waals surface area contributed by atoms with Gasteiger partial charge in [0.2, 0.25) is 11.8 Å². The second-order valence-electron chi connectivity index (χ2n) is 4.51. The molecule has 1 aliphatic rings. The molecule has 0 radical (unpaired) electrons. The molecule has 0 atom stereocenters. The minimum Gasteiger partial charge on any atom is -0.383 e. The van der Waals surface area contributed by atoms with Crippen LogP contribution in [-0.4, -0.2) is 63.2 Å². The summed E-state index contributed by atoms with van der Waals surface area (Å²) in [4.78, 5) is 24.7. The lowest BCUT2D eigenvalue weighted by Crippen LogP contribution is -2.38. The molecule has 0 unspecified atom stereocenters. The summed E-state index contributed by atoms with van der Waals surface area (Å²) in [5.74, 6) is 0.0693. The highest BCUT2D eigenvalue weighted by molar-refractivity contribution is 5.79. The highest BCUT2D eigenvalue weighted by Crippen LogP contribution is 2.24. The van der Waals surface area contributed by atoms with Crippen LogP contribution in [0.25, 0.3) is 0 Å². The number of methoxy groups -OCH3 is 1. The summed E-state index contributed by atoms with van der Waals surface area (Å²) in [6.07, 6.45) is 2.61. The monoisotopic (exact) mass is 257 g/mol. The van der Waals surface area contributed by atoms with E-state index in [2.05, 4.69) is 10.6 Å². The van der Waals surface area contributed by atoms with Crippen molar-refractivity contribution in [3.63, 3.8) is 0 Å². The van der Waals surface area contributed by atoms with Crippen molar-refractivity contribution in [1.82, 2.24) is 15.5 Å². The van der Waals surface area contributed by atoms with Crippen LogP contribution in [0.2, 0.25) is 0 Å². The van der Waals surface area contributed by atoms with Crippen molar-refractivity contribution < 1.29 is 14.3 Å². The summed E-state index contributed by atoms with van der Waals surface area (Å²) in [6.45, 7) is 1.87. The molecule has 2 amide bonds. The number of carbonyl (C=O) groups excluding carboxylic acids is 2. The topological polar surface area (TPSA) is 70.7 Å². The third-order valence-corrected chi connectivity index (χ3v) is 2.92.